The summed E-state index contributed by atoms with van der Waals surface area (Å²) in [6, 6.07) is 8.54. The third-order valence-corrected chi connectivity index (χ3v) is 4.65. The molecule has 0 amide bonds. The molecule has 2 aromatic rings. The van der Waals surface area contributed by atoms with Gasteiger partial charge in [0.05, 0.1) is 11.2 Å². The van der Waals surface area contributed by atoms with Gasteiger partial charge in [-0.2, -0.15) is 5.10 Å². The van der Waals surface area contributed by atoms with Crippen molar-refractivity contribution in [3.63, 3.8) is 0 Å². The second kappa shape index (κ2) is 4.97. The quantitative estimate of drug-likeness (QED) is 0.888. The number of rotatable bonds is 5. The monoisotopic (exact) mass is 257 g/mol. The number of nitrogens with one attached hydrogen (secondary N) is 1. The lowest BCUT2D eigenvalue weighted by atomic mass is 9.75. The number of aryl methyl sites for hydroxylation is 1. The van der Waals surface area contributed by atoms with E-state index in [0.717, 1.165) is 13.1 Å². The molecule has 1 heterocycles. The van der Waals surface area contributed by atoms with E-state index in [2.05, 4.69) is 48.1 Å². The smallest absolute Gasteiger partial charge is 0.0841 e. The first-order chi connectivity index (χ1) is 9.28. The SMILES string of the molecule is CCn1nc(CNC2(CC)CCC2)c2ccccc21. The Balaban J connectivity index is 1.84. The van der Waals surface area contributed by atoms with Crippen LogP contribution in [0.3, 0.4) is 0 Å². The lowest BCUT2D eigenvalue weighted by Gasteiger charge is -2.42. The van der Waals surface area contributed by atoms with E-state index < -0.39 is 0 Å². The van der Waals surface area contributed by atoms with Gasteiger partial charge in [0.25, 0.3) is 0 Å². The highest BCUT2D eigenvalue weighted by Crippen LogP contribution is 2.35. The summed E-state index contributed by atoms with van der Waals surface area (Å²) in [5, 5.41) is 9.80. The minimum Gasteiger partial charge on any atom is -0.306 e. The molecule has 102 valence electrons. The first-order valence-electron chi connectivity index (χ1n) is 7.47. The highest BCUT2D eigenvalue weighted by Gasteiger charge is 2.34. The van der Waals surface area contributed by atoms with Crippen molar-refractivity contribution in [3.05, 3.63) is 30.0 Å². The number of benzene rings is 1. The molecule has 1 aliphatic carbocycles. The van der Waals surface area contributed by atoms with E-state index in [9.17, 15) is 0 Å². The Morgan fingerprint density at radius 2 is 2.05 bits per heavy atom. The zero-order chi connectivity index (χ0) is 13.3. The Labute approximate surface area is 115 Å². The first-order valence-corrected chi connectivity index (χ1v) is 7.47. The summed E-state index contributed by atoms with van der Waals surface area (Å²) in [4.78, 5) is 0. The Morgan fingerprint density at radius 1 is 1.26 bits per heavy atom. The predicted octanol–water partition coefficient (Wildman–Crippen LogP) is 3.48. The molecule has 3 rings (SSSR count). The van der Waals surface area contributed by atoms with Crippen molar-refractivity contribution in [1.29, 1.82) is 0 Å². The third kappa shape index (κ3) is 2.16. The summed E-state index contributed by atoms with van der Waals surface area (Å²) in [6.45, 7) is 6.26. The normalized spacial score (nSPS) is 17.6. The van der Waals surface area contributed by atoms with E-state index in [1.54, 1.807) is 0 Å². The van der Waals surface area contributed by atoms with Crippen LogP contribution in [0.2, 0.25) is 0 Å². The molecule has 1 saturated carbocycles. The second-order valence-corrected chi connectivity index (χ2v) is 5.62. The summed E-state index contributed by atoms with van der Waals surface area (Å²) in [6.07, 6.45) is 5.22. The molecule has 3 heteroatoms. The number of para-hydroxylation sites is 1. The minimum absolute atomic E-state index is 0.386. The average molecular weight is 257 g/mol. The average Bonchev–Trinajstić information content (AvgIpc) is 2.77. The van der Waals surface area contributed by atoms with Gasteiger partial charge in [-0.25, -0.2) is 0 Å². The van der Waals surface area contributed by atoms with Crippen molar-refractivity contribution in [2.75, 3.05) is 0 Å². The van der Waals surface area contributed by atoms with E-state index in [1.165, 1.54) is 42.3 Å². The predicted molar refractivity (Wildman–Crippen MR) is 79.1 cm³/mol. The maximum absolute atomic E-state index is 4.76. The van der Waals surface area contributed by atoms with Gasteiger partial charge in [0.1, 0.15) is 0 Å². The molecule has 0 saturated heterocycles. The van der Waals surface area contributed by atoms with Gasteiger partial charge >= 0.3 is 0 Å². The molecule has 0 radical (unpaired) electrons. The van der Waals surface area contributed by atoms with Crippen LogP contribution >= 0.6 is 0 Å². The fourth-order valence-electron chi connectivity index (χ4n) is 3.10. The molecule has 19 heavy (non-hydrogen) atoms. The Kier molecular flexibility index (Phi) is 3.31. The Bertz CT molecular complexity index is 561. The minimum atomic E-state index is 0.386. The molecule has 1 fully saturated rings. The fraction of sp³-hybridized carbons (Fsp3) is 0.562. The van der Waals surface area contributed by atoms with Gasteiger partial charge in [-0.3, -0.25) is 4.68 Å². The van der Waals surface area contributed by atoms with Crippen molar-refractivity contribution in [3.8, 4) is 0 Å². The van der Waals surface area contributed by atoms with Crippen molar-refractivity contribution in [2.45, 2.75) is 58.2 Å². The first kappa shape index (κ1) is 12.7. The Hall–Kier alpha value is -1.35. The standard InChI is InChI=1S/C16H23N3/c1-3-16(10-7-11-16)17-12-14-13-8-5-6-9-15(13)19(4-2)18-14/h5-6,8-9,17H,3-4,7,10-12H2,1-2H3. The van der Waals surface area contributed by atoms with E-state index >= 15 is 0 Å². The van der Waals surface area contributed by atoms with Crippen LogP contribution in [0.4, 0.5) is 0 Å². The largest absolute Gasteiger partial charge is 0.306 e. The zero-order valence-corrected chi connectivity index (χ0v) is 11.9. The molecule has 0 atom stereocenters. The molecular formula is C16H23N3. The van der Waals surface area contributed by atoms with E-state index in [4.69, 9.17) is 5.10 Å². The van der Waals surface area contributed by atoms with Crippen LogP contribution in [0, 0.1) is 0 Å². The molecule has 1 aromatic heterocycles. The van der Waals surface area contributed by atoms with Gasteiger partial charge < -0.3 is 5.32 Å². The number of hydrogen-bond acceptors (Lipinski definition) is 2. The molecule has 1 N–H and O–H groups in total. The molecular weight excluding hydrogens is 234 g/mol. The van der Waals surface area contributed by atoms with Gasteiger partial charge in [-0.05, 0) is 38.7 Å². The third-order valence-electron chi connectivity index (χ3n) is 4.65. The number of fused-ring (bicyclic) bond motifs is 1. The molecule has 1 aliphatic rings. The number of hydrogen-bond donors (Lipinski definition) is 1. The van der Waals surface area contributed by atoms with Crippen molar-refractivity contribution < 1.29 is 0 Å². The molecule has 0 unspecified atom stereocenters. The lowest BCUT2D eigenvalue weighted by molar-refractivity contribution is 0.175. The lowest BCUT2D eigenvalue weighted by Crippen LogP contribution is -2.49. The van der Waals surface area contributed by atoms with Gasteiger partial charge in [0.15, 0.2) is 0 Å². The maximum atomic E-state index is 4.76. The summed E-state index contributed by atoms with van der Waals surface area (Å²) in [5.74, 6) is 0. The number of nitrogens with zero attached hydrogens (tertiary/aromatic N) is 2. The molecule has 0 aliphatic heterocycles. The van der Waals surface area contributed by atoms with Crippen LogP contribution in [0.5, 0.6) is 0 Å². The maximum Gasteiger partial charge on any atom is 0.0841 e. The van der Waals surface area contributed by atoms with E-state index in [-0.39, 0.29) is 0 Å². The van der Waals surface area contributed by atoms with Crippen molar-refractivity contribution in [2.24, 2.45) is 0 Å². The van der Waals surface area contributed by atoms with Gasteiger partial charge in [-0.15, -0.1) is 0 Å². The van der Waals surface area contributed by atoms with Gasteiger partial charge in [-0.1, -0.05) is 25.1 Å². The van der Waals surface area contributed by atoms with Crippen LogP contribution in [0.15, 0.2) is 24.3 Å². The Morgan fingerprint density at radius 3 is 2.68 bits per heavy atom. The highest BCUT2D eigenvalue weighted by molar-refractivity contribution is 5.81. The van der Waals surface area contributed by atoms with Gasteiger partial charge in [0, 0.05) is 24.0 Å². The summed E-state index contributed by atoms with van der Waals surface area (Å²) < 4.78 is 2.10. The molecule has 0 bridgehead atoms. The van der Waals surface area contributed by atoms with E-state index in [1.807, 2.05) is 0 Å². The van der Waals surface area contributed by atoms with E-state index in [0.29, 0.717) is 5.54 Å². The molecule has 3 nitrogen and oxygen atoms in total. The summed E-state index contributed by atoms with van der Waals surface area (Å²) >= 11 is 0. The van der Waals surface area contributed by atoms with Crippen LogP contribution in [-0.2, 0) is 13.1 Å². The van der Waals surface area contributed by atoms with Crippen LogP contribution < -0.4 is 5.32 Å². The molecule has 0 spiro atoms. The summed E-state index contributed by atoms with van der Waals surface area (Å²) in [7, 11) is 0. The van der Waals surface area contributed by atoms with Crippen molar-refractivity contribution >= 4 is 10.9 Å². The topological polar surface area (TPSA) is 29.9 Å². The summed E-state index contributed by atoms with van der Waals surface area (Å²) in [5.41, 5.74) is 2.83. The van der Waals surface area contributed by atoms with Crippen LogP contribution in [0.25, 0.3) is 10.9 Å². The number of aromatic nitrogens is 2. The zero-order valence-electron chi connectivity index (χ0n) is 11.9. The second-order valence-electron chi connectivity index (χ2n) is 5.62. The van der Waals surface area contributed by atoms with Crippen LogP contribution in [-0.4, -0.2) is 15.3 Å². The fourth-order valence-corrected chi connectivity index (χ4v) is 3.10. The van der Waals surface area contributed by atoms with Crippen LogP contribution in [0.1, 0.15) is 45.2 Å². The van der Waals surface area contributed by atoms with Gasteiger partial charge in [0.2, 0.25) is 0 Å². The molecule has 1 aromatic carbocycles. The van der Waals surface area contributed by atoms with Crippen molar-refractivity contribution in [1.82, 2.24) is 15.1 Å². The highest BCUT2D eigenvalue weighted by atomic mass is 15.3.